The van der Waals surface area contributed by atoms with E-state index in [4.69, 9.17) is 4.52 Å². The van der Waals surface area contributed by atoms with Crippen molar-refractivity contribution in [3.8, 4) is 0 Å². The zero-order valence-electron chi connectivity index (χ0n) is 10.3. The van der Waals surface area contributed by atoms with E-state index >= 15 is 0 Å². The third-order valence-electron chi connectivity index (χ3n) is 2.43. The maximum Gasteiger partial charge on any atom is 0.223 e. The first-order chi connectivity index (χ1) is 8.19. The monoisotopic (exact) mass is 236 g/mol. The molecule has 0 aliphatic carbocycles. The largest absolute Gasteiger partial charge is 0.340 e. The van der Waals surface area contributed by atoms with Gasteiger partial charge in [0.2, 0.25) is 5.89 Å². The molecule has 0 atom stereocenters. The first-order valence-corrected chi connectivity index (χ1v) is 5.53. The number of hydrogen-bond acceptors (Lipinski definition) is 6. The van der Waals surface area contributed by atoms with E-state index in [1.54, 1.807) is 13.3 Å². The molecular formula is C10H16N6O. The van der Waals surface area contributed by atoms with Crippen LogP contribution in [0.15, 0.2) is 10.9 Å². The van der Waals surface area contributed by atoms with Gasteiger partial charge >= 0.3 is 0 Å². The summed E-state index contributed by atoms with van der Waals surface area (Å²) in [6.45, 7) is 6.06. The maximum absolute atomic E-state index is 4.92. The molecule has 0 fully saturated rings. The van der Waals surface area contributed by atoms with Crippen molar-refractivity contribution >= 4 is 0 Å². The van der Waals surface area contributed by atoms with Gasteiger partial charge in [0.05, 0.1) is 13.1 Å². The standard InChI is InChI=1S/C10H16N6O/c1-4-16-7-11-13-10(16)6-15(3)5-9-12-8(2)17-14-9/h7H,4-6H2,1-3H3. The lowest BCUT2D eigenvalue weighted by molar-refractivity contribution is 0.289. The molecule has 0 bridgehead atoms. The maximum atomic E-state index is 4.92. The van der Waals surface area contributed by atoms with Crippen molar-refractivity contribution in [1.82, 2.24) is 29.8 Å². The highest BCUT2D eigenvalue weighted by atomic mass is 16.5. The van der Waals surface area contributed by atoms with E-state index in [0.717, 1.165) is 12.4 Å². The van der Waals surface area contributed by atoms with Crippen LogP contribution in [0.4, 0.5) is 0 Å². The van der Waals surface area contributed by atoms with E-state index in [0.29, 0.717) is 24.8 Å². The zero-order chi connectivity index (χ0) is 12.3. The predicted molar refractivity (Wildman–Crippen MR) is 59.9 cm³/mol. The minimum atomic E-state index is 0.588. The van der Waals surface area contributed by atoms with Gasteiger partial charge in [-0.3, -0.25) is 4.90 Å². The van der Waals surface area contributed by atoms with Crippen molar-refractivity contribution < 1.29 is 4.52 Å². The number of hydrogen-bond donors (Lipinski definition) is 0. The second-order valence-corrected chi connectivity index (χ2v) is 3.94. The molecule has 0 amide bonds. The molecular weight excluding hydrogens is 220 g/mol. The van der Waals surface area contributed by atoms with Gasteiger partial charge < -0.3 is 9.09 Å². The molecule has 2 aromatic heterocycles. The molecule has 7 heteroatoms. The summed E-state index contributed by atoms with van der Waals surface area (Å²) >= 11 is 0. The van der Waals surface area contributed by atoms with Crippen LogP contribution < -0.4 is 0 Å². The van der Waals surface area contributed by atoms with Gasteiger partial charge in [-0.25, -0.2) is 0 Å². The van der Waals surface area contributed by atoms with Gasteiger partial charge in [-0.2, -0.15) is 4.98 Å². The summed E-state index contributed by atoms with van der Waals surface area (Å²) in [5.41, 5.74) is 0. The summed E-state index contributed by atoms with van der Waals surface area (Å²) in [6, 6.07) is 0. The van der Waals surface area contributed by atoms with E-state index in [9.17, 15) is 0 Å². The molecule has 2 aromatic rings. The van der Waals surface area contributed by atoms with Crippen LogP contribution in [0.3, 0.4) is 0 Å². The van der Waals surface area contributed by atoms with Crippen molar-refractivity contribution in [2.24, 2.45) is 0 Å². The predicted octanol–water partition coefficient (Wildman–Crippen LogP) is 0.621. The summed E-state index contributed by atoms with van der Waals surface area (Å²) < 4.78 is 6.94. The van der Waals surface area contributed by atoms with Gasteiger partial charge in [0.15, 0.2) is 5.82 Å². The van der Waals surface area contributed by atoms with Crippen LogP contribution in [0.2, 0.25) is 0 Å². The zero-order valence-corrected chi connectivity index (χ0v) is 10.3. The van der Waals surface area contributed by atoms with Crippen molar-refractivity contribution in [2.75, 3.05) is 7.05 Å². The molecule has 0 saturated heterocycles. The number of nitrogens with zero attached hydrogens (tertiary/aromatic N) is 6. The highest BCUT2D eigenvalue weighted by Crippen LogP contribution is 2.04. The minimum absolute atomic E-state index is 0.588. The molecule has 92 valence electrons. The van der Waals surface area contributed by atoms with E-state index in [-0.39, 0.29) is 0 Å². The van der Waals surface area contributed by atoms with Gasteiger partial charge in [0.25, 0.3) is 0 Å². The van der Waals surface area contributed by atoms with Crippen molar-refractivity contribution in [1.29, 1.82) is 0 Å². The Bertz CT molecular complexity index is 477. The summed E-state index contributed by atoms with van der Waals surface area (Å²) in [5, 5.41) is 11.8. The average Bonchev–Trinajstić information content (AvgIpc) is 2.87. The third-order valence-corrected chi connectivity index (χ3v) is 2.43. The summed E-state index contributed by atoms with van der Waals surface area (Å²) in [4.78, 5) is 6.23. The number of rotatable bonds is 5. The Hall–Kier alpha value is -1.76. The molecule has 2 rings (SSSR count). The second-order valence-electron chi connectivity index (χ2n) is 3.94. The Labute approximate surface area is 99.4 Å². The van der Waals surface area contributed by atoms with Gasteiger partial charge in [-0.1, -0.05) is 5.16 Å². The molecule has 0 radical (unpaired) electrons. The van der Waals surface area contributed by atoms with E-state index in [1.807, 2.05) is 11.6 Å². The van der Waals surface area contributed by atoms with Crippen molar-refractivity contribution in [3.05, 3.63) is 23.9 Å². The lowest BCUT2D eigenvalue weighted by Gasteiger charge is -2.13. The fourth-order valence-electron chi connectivity index (χ4n) is 1.61. The van der Waals surface area contributed by atoms with Gasteiger partial charge in [-0.15, -0.1) is 10.2 Å². The van der Waals surface area contributed by atoms with E-state index < -0.39 is 0 Å². The van der Waals surface area contributed by atoms with Crippen LogP contribution in [0.5, 0.6) is 0 Å². The lowest BCUT2D eigenvalue weighted by Crippen LogP contribution is -2.20. The molecule has 0 aliphatic rings. The highest BCUT2D eigenvalue weighted by Gasteiger charge is 2.10. The SMILES string of the molecule is CCn1cnnc1CN(C)Cc1noc(C)n1. The van der Waals surface area contributed by atoms with Crippen LogP contribution in [0, 0.1) is 6.92 Å². The molecule has 0 unspecified atom stereocenters. The Morgan fingerprint density at radius 3 is 2.88 bits per heavy atom. The van der Waals surface area contributed by atoms with Gasteiger partial charge in [0.1, 0.15) is 12.2 Å². The quantitative estimate of drug-likeness (QED) is 0.757. The van der Waals surface area contributed by atoms with Crippen LogP contribution in [0.1, 0.15) is 24.5 Å². The summed E-state index contributed by atoms with van der Waals surface area (Å²) in [7, 11) is 1.99. The van der Waals surface area contributed by atoms with Crippen molar-refractivity contribution in [2.45, 2.75) is 33.5 Å². The van der Waals surface area contributed by atoms with Gasteiger partial charge in [-0.05, 0) is 14.0 Å². The second kappa shape index (κ2) is 5.05. The topological polar surface area (TPSA) is 72.9 Å². The molecule has 0 N–H and O–H groups in total. The third kappa shape index (κ3) is 2.88. The van der Waals surface area contributed by atoms with E-state index in [1.165, 1.54) is 0 Å². The minimum Gasteiger partial charge on any atom is -0.340 e. The molecule has 0 aliphatic heterocycles. The molecule has 0 aromatic carbocycles. The normalized spacial score (nSPS) is 11.3. The number of aryl methyl sites for hydroxylation is 2. The Kier molecular flexibility index (Phi) is 3.48. The molecule has 0 spiro atoms. The van der Waals surface area contributed by atoms with Gasteiger partial charge in [0, 0.05) is 13.5 Å². The molecule has 0 saturated carbocycles. The molecule has 17 heavy (non-hydrogen) atoms. The fourth-order valence-corrected chi connectivity index (χ4v) is 1.61. The Morgan fingerprint density at radius 2 is 2.24 bits per heavy atom. The fraction of sp³-hybridized carbons (Fsp3) is 0.600. The lowest BCUT2D eigenvalue weighted by atomic mass is 10.4. The molecule has 2 heterocycles. The highest BCUT2D eigenvalue weighted by molar-refractivity contribution is 4.88. The average molecular weight is 236 g/mol. The van der Waals surface area contributed by atoms with Crippen LogP contribution >= 0.6 is 0 Å². The Morgan fingerprint density at radius 1 is 1.41 bits per heavy atom. The van der Waals surface area contributed by atoms with Crippen molar-refractivity contribution in [3.63, 3.8) is 0 Å². The Balaban J connectivity index is 1.95. The van der Waals surface area contributed by atoms with Crippen LogP contribution in [0.25, 0.3) is 0 Å². The first-order valence-electron chi connectivity index (χ1n) is 5.53. The van der Waals surface area contributed by atoms with E-state index in [2.05, 4.69) is 32.2 Å². The smallest absolute Gasteiger partial charge is 0.223 e. The number of aromatic nitrogens is 5. The van der Waals surface area contributed by atoms with Crippen LogP contribution in [-0.4, -0.2) is 36.9 Å². The summed E-state index contributed by atoms with van der Waals surface area (Å²) in [6.07, 6.45) is 1.74. The molecule has 7 nitrogen and oxygen atoms in total. The van der Waals surface area contributed by atoms with Crippen LogP contribution in [-0.2, 0) is 19.6 Å². The first kappa shape index (κ1) is 11.7. The summed E-state index contributed by atoms with van der Waals surface area (Å²) in [5.74, 6) is 2.22.